The van der Waals surface area contributed by atoms with E-state index in [1.807, 2.05) is 20.8 Å². The lowest BCUT2D eigenvalue weighted by atomic mass is 9.44. The molecule has 1 heterocycles. The number of ketones is 1. The van der Waals surface area contributed by atoms with Crippen molar-refractivity contribution < 1.29 is 48.2 Å². The van der Waals surface area contributed by atoms with Crippen molar-refractivity contribution >= 4 is 5.78 Å². The van der Waals surface area contributed by atoms with Gasteiger partial charge in [0.25, 0.3) is 0 Å². The van der Waals surface area contributed by atoms with E-state index in [0.29, 0.717) is 31.7 Å². The molecule has 45 heavy (non-hydrogen) atoms. The van der Waals surface area contributed by atoms with Crippen molar-refractivity contribution in [2.45, 2.75) is 128 Å². The SMILES string of the molecule is CCOCO[C@]12C=CC(=O)[C@@]1(C)CC[C@H]1[C@H]2CC[C@@H]2C[C@@H](O[C@@H]3O[C@@H](C)[C@@](O)(COCC)[C@@H](OC)[C@@]3(O)COCC)CC[C@@]21C. The van der Waals surface area contributed by atoms with Gasteiger partial charge in [-0.05, 0) is 115 Å². The Hall–Kier alpha value is -0.950. The van der Waals surface area contributed by atoms with Crippen LogP contribution in [0, 0.1) is 28.6 Å². The smallest absolute Gasteiger partial charge is 0.192 e. The van der Waals surface area contributed by atoms with Crippen molar-refractivity contribution in [1.82, 2.24) is 0 Å². The summed E-state index contributed by atoms with van der Waals surface area (Å²) in [5.41, 5.74) is -4.47. The maximum Gasteiger partial charge on any atom is 0.192 e. The molecule has 1 saturated heterocycles. The van der Waals surface area contributed by atoms with E-state index in [2.05, 4.69) is 19.9 Å². The molecule has 2 N–H and O–H groups in total. The van der Waals surface area contributed by atoms with E-state index in [-0.39, 0.29) is 43.2 Å². The summed E-state index contributed by atoms with van der Waals surface area (Å²) in [6, 6.07) is 0. The Bertz CT molecular complexity index is 1070. The van der Waals surface area contributed by atoms with E-state index in [1.54, 1.807) is 13.0 Å². The van der Waals surface area contributed by atoms with Crippen LogP contribution in [0.1, 0.15) is 86.5 Å². The van der Waals surface area contributed by atoms with E-state index in [9.17, 15) is 15.0 Å². The molecular weight excluding hydrogens is 580 g/mol. The molecule has 0 unspecified atom stereocenters. The summed E-state index contributed by atoms with van der Waals surface area (Å²) in [6.07, 6.45) is 7.28. The third-order valence-corrected chi connectivity index (χ3v) is 12.6. The number of ether oxygens (including phenoxy) is 7. The molecule has 12 atom stereocenters. The topological polar surface area (TPSA) is 122 Å². The van der Waals surface area contributed by atoms with Crippen molar-refractivity contribution in [2.24, 2.45) is 28.6 Å². The second kappa shape index (κ2) is 13.5. The summed E-state index contributed by atoms with van der Waals surface area (Å²) < 4.78 is 42.3. The summed E-state index contributed by atoms with van der Waals surface area (Å²) in [7, 11) is 1.48. The first-order chi connectivity index (χ1) is 21.4. The molecule has 4 fully saturated rings. The Morgan fingerprint density at radius 3 is 2.27 bits per heavy atom. The van der Waals surface area contributed by atoms with Crippen LogP contribution in [0.25, 0.3) is 0 Å². The molecule has 258 valence electrons. The predicted octanol–water partition coefficient (Wildman–Crippen LogP) is 4.19. The van der Waals surface area contributed by atoms with Gasteiger partial charge in [-0.3, -0.25) is 4.79 Å². The van der Waals surface area contributed by atoms with Crippen LogP contribution in [-0.2, 0) is 38.0 Å². The summed E-state index contributed by atoms with van der Waals surface area (Å²) in [6.45, 7) is 13.3. The van der Waals surface area contributed by atoms with E-state index in [4.69, 9.17) is 33.2 Å². The zero-order valence-electron chi connectivity index (χ0n) is 28.5. The maximum absolute atomic E-state index is 13.2. The molecular formula is C35H58O10. The van der Waals surface area contributed by atoms with Crippen molar-refractivity contribution in [3.8, 4) is 0 Å². The number of carbonyl (C=O) groups excluding carboxylic acids is 1. The molecule has 0 bridgehead atoms. The zero-order valence-corrected chi connectivity index (χ0v) is 28.5. The van der Waals surface area contributed by atoms with Gasteiger partial charge in [-0.1, -0.05) is 6.92 Å². The van der Waals surface area contributed by atoms with Crippen LogP contribution in [0.5, 0.6) is 0 Å². The molecule has 0 aromatic rings. The molecule has 1 aliphatic heterocycles. The number of rotatable bonds is 13. The van der Waals surface area contributed by atoms with Crippen LogP contribution < -0.4 is 0 Å². The number of allylic oxidation sites excluding steroid dienone is 1. The minimum atomic E-state index is -1.75. The van der Waals surface area contributed by atoms with Crippen molar-refractivity contribution in [3.63, 3.8) is 0 Å². The normalized spacial score (nSPS) is 47.8. The van der Waals surface area contributed by atoms with Crippen LogP contribution in [0.4, 0.5) is 0 Å². The van der Waals surface area contributed by atoms with Gasteiger partial charge in [0.15, 0.2) is 17.7 Å². The molecule has 0 aromatic heterocycles. The molecule has 10 heteroatoms. The Balaban J connectivity index is 1.34. The van der Waals surface area contributed by atoms with Crippen LogP contribution >= 0.6 is 0 Å². The van der Waals surface area contributed by atoms with E-state index >= 15 is 0 Å². The predicted molar refractivity (Wildman–Crippen MR) is 166 cm³/mol. The first kappa shape index (κ1) is 35.4. The Morgan fingerprint density at radius 2 is 1.60 bits per heavy atom. The highest BCUT2D eigenvalue weighted by molar-refractivity contribution is 5.99. The monoisotopic (exact) mass is 638 g/mol. The number of fused-ring (bicyclic) bond motifs is 5. The molecule has 3 saturated carbocycles. The largest absolute Gasteiger partial charge is 0.382 e. The van der Waals surface area contributed by atoms with Crippen LogP contribution in [0.2, 0.25) is 0 Å². The molecule has 0 spiro atoms. The fourth-order valence-corrected chi connectivity index (χ4v) is 9.91. The molecule has 0 amide bonds. The summed E-state index contributed by atoms with van der Waals surface area (Å²) in [4.78, 5) is 13.2. The van der Waals surface area contributed by atoms with Crippen molar-refractivity contribution in [3.05, 3.63) is 12.2 Å². The third kappa shape index (κ3) is 5.68. The maximum atomic E-state index is 13.2. The molecule has 0 aromatic carbocycles. The van der Waals surface area contributed by atoms with Crippen molar-refractivity contribution in [2.75, 3.05) is 46.9 Å². The van der Waals surface area contributed by atoms with Gasteiger partial charge < -0.3 is 43.4 Å². The lowest BCUT2D eigenvalue weighted by Gasteiger charge is -2.63. The third-order valence-electron chi connectivity index (χ3n) is 12.6. The van der Waals surface area contributed by atoms with Gasteiger partial charge in [-0.15, -0.1) is 0 Å². The van der Waals surface area contributed by atoms with Gasteiger partial charge in [-0.2, -0.15) is 0 Å². The second-order valence-corrected chi connectivity index (χ2v) is 14.6. The highest BCUT2D eigenvalue weighted by Gasteiger charge is 2.68. The fourth-order valence-electron chi connectivity index (χ4n) is 9.91. The quantitative estimate of drug-likeness (QED) is 0.173. The summed E-state index contributed by atoms with van der Waals surface area (Å²) >= 11 is 0. The Kier molecular flexibility index (Phi) is 10.6. The number of carbonyl (C=O) groups is 1. The van der Waals surface area contributed by atoms with Gasteiger partial charge in [0.05, 0.1) is 30.8 Å². The van der Waals surface area contributed by atoms with Crippen molar-refractivity contribution in [1.29, 1.82) is 0 Å². The second-order valence-electron chi connectivity index (χ2n) is 14.6. The Morgan fingerprint density at radius 1 is 0.911 bits per heavy atom. The van der Waals surface area contributed by atoms with Crippen LogP contribution in [0.15, 0.2) is 12.2 Å². The van der Waals surface area contributed by atoms with E-state index < -0.39 is 40.7 Å². The molecule has 5 rings (SSSR count). The van der Waals surface area contributed by atoms with E-state index in [1.165, 1.54) is 7.11 Å². The molecule has 0 radical (unpaired) electrons. The zero-order chi connectivity index (χ0) is 32.7. The highest BCUT2D eigenvalue weighted by Crippen LogP contribution is 2.67. The molecule has 4 aliphatic carbocycles. The lowest BCUT2D eigenvalue weighted by molar-refractivity contribution is -0.386. The van der Waals surface area contributed by atoms with Gasteiger partial charge in [-0.25, -0.2) is 0 Å². The van der Waals surface area contributed by atoms with Gasteiger partial charge in [0, 0.05) is 26.9 Å². The minimum absolute atomic E-state index is 0.0493. The number of hydrogen-bond donors (Lipinski definition) is 2. The average molecular weight is 639 g/mol. The Labute approximate surface area is 269 Å². The van der Waals surface area contributed by atoms with Gasteiger partial charge in [0.2, 0.25) is 0 Å². The summed E-state index contributed by atoms with van der Waals surface area (Å²) in [5, 5.41) is 23.8. The number of hydrogen-bond acceptors (Lipinski definition) is 10. The van der Waals surface area contributed by atoms with Crippen LogP contribution in [0.3, 0.4) is 0 Å². The first-order valence-electron chi connectivity index (χ1n) is 17.3. The molecule has 10 nitrogen and oxygen atoms in total. The number of aliphatic hydroxyl groups is 2. The number of methoxy groups -OCH3 is 1. The fraction of sp³-hybridized carbons (Fsp3) is 0.914. The lowest BCUT2D eigenvalue weighted by Crippen LogP contribution is -2.75. The van der Waals surface area contributed by atoms with Crippen LogP contribution in [-0.4, -0.2) is 104 Å². The first-order valence-corrected chi connectivity index (χ1v) is 17.3. The van der Waals surface area contributed by atoms with Gasteiger partial charge >= 0.3 is 0 Å². The summed E-state index contributed by atoms with van der Waals surface area (Å²) in [5.74, 6) is 1.24. The van der Waals surface area contributed by atoms with E-state index in [0.717, 1.165) is 44.9 Å². The highest BCUT2D eigenvalue weighted by atomic mass is 16.7. The van der Waals surface area contributed by atoms with Gasteiger partial charge in [0.1, 0.15) is 24.1 Å². The molecule has 5 aliphatic rings. The minimum Gasteiger partial charge on any atom is -0.382 e. The average Bonchev–Trinajstić information content (AvgIpc) is 3.28. The standard InChI is InChI=1S/C35H58O10/c1-8-40-20-33(37)23(4)44-30(34(38,21-41-9-2)29(33)39-7)45-25-13-16-31(5)24(19-25)11-12-27-26(31)14-17-32(6)28(36)15-18-35(27,32)43-22-42-10-3/h15,18,23-27,29-30,37-38H,8-14,16-17,19-22H2,1-7H3/t23-,24+,25-,26-,27+,29+,30-,31-,32+,33-,34-,35-/m0/s1.